The number of aliphatic carboxylic acids is 1. The molecule has 2 aromatic carbocycles. The van der Waals surface area contributed by atoms with Crippen molar-refractivity contribution in [1.82, 2.24) is 9.72 Å². The second-order valence-electron chi connectivity index (χ2n) is 8.89. The predicted molar refractivity (Wildman–Crippen MR) is 140 cm³/mol. The Morgan fingerprint density at radius 1 is 1.19 bits per heavy atom. The smallest absolute Gasteiger partial charge is 0.328 e. The molecule has 7 nitrogen and oxygen atoms in total. The highest BCUT2D eigenvalue weighted by molar-refractivity contribution is 6.42. The van der Waals surface area contributed by atoms with Crippen molar-refractivity contribution in [3.8, 4) is 11.3 Å². The van der Waals surface area contributed by atoms with E-state index in [0.29, 0.717) is 34.5 Å². The normalized spacial score (nSPS) is 14.9. The topological polar surface area (TPSA) is 111 Å². The van der Waals surface area contributed by atoms with Gasteiger partial charge < -0.3 is 15.4 Å². The number of rotatable bonds is 5. The number of halogens is 3. The van der Waals surface area contributed by atoms with E-state index in [4.69, 9.17) is 50.2 Å². The van der Waals surface area contributed by atoms with Crippen LogP contribution in [0.1, 0.15) is 46.5 Å². The van der Waals surface area contributed by atoms with Gasteiger partial charge in [-0.25, -0.2) is 4.79 Å². The Morgan fingerprint density at radius 2 is 1.89 bits per heavy atom. The molecule has 0 amide bonds. The first-order valence-corrected chi connectivity index (χ1v) is 12.2. The number of carboxylic acids is 1. The highest BCUT2D eigenvalue weighted by Gasteiger charge is 2.44. The number of carboxylic acid groups (broad SMARTS) is 1. The summed E-state index contributed by atoms with van der Waals surface area (Å²) >= 11 is 19.1. The van der Waals surface area contributed by atoms with Crippen molar-refractivity contribution in [1.29, 1.82) is 0 Å². The zero-order chi connectivity index (χ0) is 25.8. The number of hydrogen-bond donors (Lipinski definition) is 2. The summed E-state index contributed by atoms with van der Waals surface area (Å²) in [6.45, 7) is 1.85. The first-order chi connectivity index (χ1) is 17.1. The van der Waals surface area contributed by atoms with Gasteiger partial charge in [0, 0.05) is 28.2 Å². The average molecular weight is 545 g/mol. The monoisotopic (exact) mass is 543 g/mol. The van der Waals surface area contributed by atoms with Gasteiger partial charge in [-0.15, -0.1) is 0 Å². The van der Waals surface area contributed by atoms with Gasteiger partial charge in [-0.3, -0.25) is 9.36 Å². The van der Waals surface area contributed by atoms with E-state index >= 15 is 0 Å². The minimum Gasteiger partial charge on any atom is -0.478 e. The first kappa shape index (κ1) is 24.6. The van der Waals surface area contributed by atoms with Crippen LogP contribution in [0, 0.1) is 6.92 Å². The van der Waals surface area contributed by atoms with Crippen molar-refractivity contribution in [3.05, 3.63) is 80.1 Å². The molecular formula is C26H20Cl3N3O4. The van der Waals surface area contributed by atoms with Crippen LogP contribution >= 0.6 is 34.8 Å². The number of carbonyl (C=O) groups is 2. The molecule has 0 atom stereocenters. The first-order valence-electron chi connectivity index (χ1n) is 11.1. The van der Waals surface area contributed by atoms with E-state index in [1.807, 2.05) is 6.92 Å². The summed E-state index contributed by atoms with van der Waals surface area (Å²) in [5.74, 6) is -1.21. The van der Waals surface area contributed by atoms with E-state index in [-0.39, 0.29) is 27.1 Å². The summed E-state index contributed by atoms with van der Waals surface area (Å²) < 4.78 is 7.20. The van der Waals surface area contributed by atoms with Crippen molar-refractivity contribution in [2.45, 2.75) is 31.7 Å². The molecule has 10 heteroatoms. The Bertz CT molecular complexity index is 1560. The van der Waals surface area contributed by atoms with Gasteiger partial charge in [0.05, 0.1) is 21.1 Å². The van der Waals surface area contributed by atoms with Crippen molar-refractivity contribution in [3.63, 3.8) is 0 Å². The number of hydrogen-bond acceptors (Lipinski definition) is 5. The molecule has 5 rings (SSSR count). The summed E-state index contributed by atoms with van der Waals surface area (Å²) in [6.07, 6.45) is 6.43. The molecule has 2 aromatic heterocycles. The van der Waals surface area contributed by atoms with Gasteiger partial charge in [-0.2, -0.15) is 0 Å². The highest BCUT2D eigenvalue weighted by Crippen LogP contribution is 2.46. The van der Waals surface area contributed by atoms with Gasteiger partial charge in [-0.1, -0.05) is 52.1 Å². The molecule has 1 aliphatic carbocycles. The number of aryl methyl sites for hydroxylation is 1. The van der Waals surface area contributed by atoms with Crippen LogP contribution in [0.3, 0.4) is 0 Å². The largest absolute Gasteiger partial charge is 0.478 e. The van der Waals surface area contributed by atoms with Crippen LogP contribution in [0.25, 0.3) is 28.2 Å². The van der Waals surface area contributed by atoms with E-state index in [1.165, 1.54) is 22.8 Å². The minimum absolute atomic E-state index is 0.173. The fourth-order valence-corrected chi connectivity index (χ4v) is 5.65. The van der Waals surface area contributed by atoms with Crippen LogP contribution in [0.15, 0.2) is 47.1 Å². The quantitative estimate of drug-likeness (QED) is 0.271. The Hall–Kier alpha value is -3.10. The Morgan fingerprint density at radius 3 is 2.50 bits per heavy atom. The van der Waals surface area contributed by atoms with E-state index in [0.717, 1.165) is 23.4 Å². The van der Waals surface area contributed by atoms with Crippen LogP contribution in [-0.4, -0.2) is 26.7 Å². The lowest BCUT2D eigenvalue weighted by molar-refractivity contribution is -0.131. The van der Waals surface area contributed by atoms with Crippen molar-refractivity contribution in [2.24, 2.45) is 5.73 Å². The molecule has 0 saturated heterocycles. The lowest BCUT2D eigenvalue weighted by atomic mass is 9.74. The molecule has 0 bridgehead atoms. The van der Waals surface area contributed by atoms with Crippen LogP contribution < -0.4 is 5.73 Å². The van der Waals surface area contributed by atoms with Gasteiger partial charge >= 0.3 is 5.97 Å². The lowest BCUT2D eigenvalue weighted by Gasteiger charge is -2.35. The molecule has 0 radical (unpaired) electrons. The van der Waals surface area contributed by atoms with Gasteiger partial charge in [0.25, 0.3) is 5.91 Å². The van der Waals surface area contributed by atoms with Crippen molar-refractivity contribution < 1.29 is 19.2 Å². The molecule has 1 aliphatic rings. The third-order valence-electron chi connectivity index (χ3n) is 6.52. The molecule has 0 aliphatic heterocycles. The van der Waals surface area contributed by atoms with Crippen molar-refractivity contribution in [2.75, 3.05) is 0 Å². The summed E-state index contributed by atoms with van der Waals surface area (Å²) in [7, 11) is 0. The van der Waals surface area contributed by atoms with Crippen molar-refractivity contribution >= 4 is 63.7 Å². The number of benzene rings is 2. The molecule has 2 heterocycles. The van der Waals surface area contributed by atoms with E-state index in [2.05, 4.69) is 5.16 Å². The number of fused-ring (bicyclic) bond motifs is 1. The zero-order valence-electron chi connectivity index (χ0n) is 19.0. The molecule has 1 fully saturated rings. The molecular weight excluding hydrogens is 525 g/mol. The van der Waals surface area contributed by atoms with Crippen LogP contribution in [-0.2, 0) is 10.3 Å². The maximum atomic E-state index is 14.2. The maximum Gasteiger partial charge on any atom is 0.328 e. The molecule has 1 saturated carbocycles. The molecule has 0 unspecified atom stereocenters. The standard InChI is InChI=1S/C26H20Cl3N3O4/c1-13-12-32(18-5-2-4-14(20(13)18)6-7-19(33)34)25(35)22-23(21-16(28)10-15(27)11-17(21)29)31-36-24(22)26(30)8-3-9-26/h2,4-7,10-12H,3,8-9,30H2,1H3,(H,33,34)/b7-6+. The predicted octanol–water partition coefficient (Wildman–Crippen LogP) is 6.69. The number of nitrogens with zero attached hydrogens (tertiary/aromatic N) is 2. The van der Waals surface area contributed by atoms with Crippen LogP contribution in [0.5, 0.6) is 0 Å². The molecule has 3 N–H and O–H groups in total. The van der Waals surface area contributed by atoms with Crippen LogP contribution in [0.2, 0.25) is 15.1 Å². The molecule has 184 valence electrons. The summed E-state index contributed by atoms with van der Waals surface area (Å²) in [5.41, 5.74) is 8.48. The fraction of sp³-hybridized carbons (Fsp3) is 0.192. The number of aromatic nitrogens is 2. The molecule has 0 spiro atoms. The number of carbonyl (C=O) groups excluding carboxylic acids is 1. The average Bonchev–Trinajstić information content (AvgIpc) is 3.37. The van der Waals surface area contributed by atoms with E-state index in [1.54, 1.807) is 24.4 Å². The third-order valence-corrected chi connectivity index (χ3v) is 7.34. The Kier molecular flexibility index (Phi) is 6.21. The highest BCUT2D eigenvalue weighted by atomic mass is 35.5. The maximum absolute atomic E-state index is 14.2. The fourth-order valence-electron chi connectivity index (χ4n) is 4.66. The van der Waals surface area contributed by atoms with Gasteiger partial charge in [-0.05, 0) is 61.6 Å². The Labute approximate surface area is 221 Å². The van der Waals surface area contributed by atoms with E-state index in [9.17, 15) is 9.59 Å². The number of nitrogens with two attached hydrogens (primary N) is 1. The Balaban J connectivity index is 1.74. The SMILES string of the molecule is Cc1cn(C(=O)c2c(-c3c(Cl)cc(Cl)cc3Cl)noc2C2(N)CCC2)c2cccc(/C=C/C(=O)O)c12. The summed E-state index contributed by atoms with van der Waals surface area (Å²) in [6, 6.07) is 8.37. The second-order valence-corrected chi connectivity index (χ2v) is 10.1. The third kappa shape index (κ3) is 4.02. The van der Waals surface area contributed by atoms with E-state index < -0.39 is 17.4 Å². The molecule has 4 aromatic rings. The summed E-state index contributed by atoms with van der Waals surface area (Å²) in [4.78, 5) is 25.3. The van der Waals surface area contributed by atoms with Crippen LogP contribution in [0.4, 0.5) is 0 Å². The van der Waals surface area contributed by atoms with Gasteiger partial charge in [0.2, 0.25) is 0 Å². The zero-order valence-corrected chi connectivity index (χ0v) is 21.3. The second kappa shape index (κ2) is 9.09. The van der Waals surface area contributed by atoms with Gasteiger partial charge in [0.1, 0.15) is 11.3 Å². The lowest BCUT2D eigenvalue weighted by Crippen LogP contribution is -2.44. The van der Waals surface area contributed by atoms with Gasteiger partial charge in [0.15, 0.2) is 5.76 Å². The summed E-state index contributed by atoms with van der Waals surface area (Å²) in [5, 5.41) is 14.8. The minimum atomic E-state index is -1.07. The molecule has 36 heavy (non-hydrogen) atoms.